The number of hydrogen-bond acceptors (Lipinski definition) is 3. The summed E-state index contributed by atoms with van der Waals surface area (Å²) in [6, 6.07) is 27.9. The number of aryl methyl sites for hydroxylation is 2. The zero-order valence-electron chi connectivity index (χ0n) is 22.7. The quantitative estimate of drug-likeness (QED) is 0.250. The molecule has 1 N–H and O–H groups in total. The smallest absolute Gasteiger partial charge is 0.119 e. The average molecular weight is 489 g/mol. The van der Waals surface area contributed by atoms with Gasteiger partial charge in [0.1, 0.15) is 11.4 Å². The molecular weight excluding hydrogens is 452 g/mol. The minimum atomic E-state index is 0.235. The van der Waals surface area contributed by atoms with Gasteiger partial charge in [-0.2, -0.15) is 9.89 Å². The number of fused-ring (bicyclic) bond motifs is 1. The Balaban J connectivity index is 1.81. The predicted octanol–water partition coefficient (Wildman–Crippen LogP) is 8.32. The Morgan fingerprint density at radius 3 is 1.84 bits per heavy atom. The van der Waals surface area contributed by atoms with Crippen LogP contribution in [0.25, 0.3) is 33.6 Å². The molecule has 0 unspecified atom stereocenters. The zero-order chi connectivity index (χ0) is 26.1. The fourth-order valence-electron chi connectivity index (χ4n) is 4.96. The van der Waals surface area contributed by atoms with Crippen molar-refractivity contribution in [3.05, 3.63) is 107 Å². The summed E-state index contributed by atoms with van der Waals surface area (Å²) in [5.74, 6) is 0.513. The standard InChI is InChI=1S/C33H36N4/c1-21(2)30-28(26-16-12-23(5)13-17-26)29-32(35-30)31(27-18-14-24(6)15-19-27)36-37(33(29)22(3)4)34-20-25-10-8-7-9-11-25/h7-19,21-22,34H,20H2,1-6H3. The van der Waals surface area contributed by atoms with Crippen LogP contribution < -0.4 is 5.43 Å². The van der Waals surface area contributed by atoms with Crippen LogP contribution in [0.15, 0.2) is 78.9 Å². The van der Waals surface area contributed by atoms with Crippen molar-refractivity contribution in [3.8, 4) is 33.6 Å². The van der Waals surface area contributed by atoms with E-state index >= 15 is 0 Å². The molecule has 3 aromatic carbocycles. The van der Waals surface area contributed by atoms with Gasteiger partial charge in [0.05, 0.1) is 17.9 Å². The highest BCUT2D eigenvalue weighted by molar-refractivity contribution is 5.93. The summed E-state index contributed by atoms with van der Waals surface area (Å²) in [5, 5.41) is 5.20. The molecule has 4 nitrogen and oxygen atoms in total. The SMILES string of the molecule is Cc1ccc(-c2nn(NCc3ccccc3)c(C(C)C)c3c(-c4ccc(C)cc4)c(C(C)C)nc2-3)cc1. The van der Waals surface area contributed by atoms with E-state index in [-0.39, 0.29) is 11.8 Å². The van der Waals surface area contributed by atoms with Crippen LogP contribution in [0.4, 0.5) is 0 Å². The van der Waals surface area contributed by atoms with Crippen LogP contribution in [0, 0.1) is 13.8 Å². The number of nitrogens with one attached hydrogen (secondary N) is 1. The number of aromatic nitrogens is 3. The van der Waals surface area contributed by atoms with Crippen LogP contribution in [-0.4, -0.2) is 14.9 Å². The Hall–Kier alpha value is -3.92. The maximum atomic E-state index is 5.31. The highest BCUT2D eigenvalue weighted by atomic mass is 15.6. The fourth-order valence-corrected chi connectivity index (χ4v) is 4.96. The molecule has 37 heavy (non-hydrogen) atoms. The molecule has 0 spiro atoms. The summed E-state index contributed by atoms with van der Waals surface area (Å²) >= 11 is 0. The molecule has 0 aliphatic carbocycles. The third-order valence-electron chi connectivity index (χ3n) is 6.92. The van der Waals surface area contributed by atoms with Gasteiger partial charge >= 0.3 is 0 Å². The summed E-state index contributed by atoms with van der Waals surface area (Å²) in [7, 11) is 0. The van der Waals surface area contributed by atoms with E-state index in [0.717, 1.165) is 28.3 Å². The molecule has 0 fully saturated rings. The van der Waals surface area contributed by atoms with E-state index in [1.165, 1.54) is 33.4 Å². The van der Waals surface area contributed by atoms with Crippen LogP contribution in [0.3, 0.4) is 0 Å². The number of hydrogen-bond donors (Lipinski definition) is 1. The maximum Gasteiger partial charge on any atom is 0.119 e. The Morgan fingerprint density at radius 1 is 0.676 bits per heavy atom. The van der Waals surface area contributed by atoms with E-state index in [1.807, 2.05) is 10.9 Å². The van der Waals surface area contributed by atoms with Crippen molar-refractivity contribution in [3.63, 3.8) is 0 Å². The van der Waals surface area contributed by atoms with Crippen molar-refractivity contribution < 1.29 is 0 Å². The Morgan fingerprint density at radius 2 is 1.27 bits per heavy atom. The van der Waals surface area contributed by atoms with Gasteiger partial charge in [-0.1, -0.05) is 118 Å². The summed E-state index contributed by atoms with van der Waals surface area (Å²) < 4.78 is 0. The lowest BCUT2D eigenvalue weighted by atomic mass is 9.90. The van der Waals surface area contributed by atoms with Crippen LogP contribution >= 0.6 is 0 Å². The molecule has 0 saturated heterocycles. The third-order valence-corrected chi connectivity index (χ3v) is 6.92. The van der Waals surface area contributed by atoms with Crippen LogP contribution in [0.1, 0.15) is 67.6 Å². The largest absolute Gasteiger partial charge is 0.305 e. The molecule has 0 bridgehead atoms. The maximum absolute atomic E-state index is 5.31. The predicted molar refractivity (Wildman–Crippen MR) is 155 cm³/mol. The Kier molecular flexibility index (Phi) is 6.84. The molecule has 188 valence electrons. The molecule has 5 rings (SSSR count). The van der Waals surface area contributed by atoms with Gasteiger partial charge in [0.15, 0.2) is 0 Å². The van der Waals surface area contributed by atoms with Crippen molar-refractivity contribution in [2.24, 2.45) is 0 Å². The lowest BCUT2D eigenvalue weighted by Crippen LogP contribution is -2.24. The van der Waals surface area contributed by atoms with Gasteiger partial charge < -0.3 is 5.43 Å². The molecule has 0 amide bonds. The summed E-state index contributed by atoms with van der Waals surface area (Å²) in [6.07, 6.45) is 0. The summed E-state index contributed by atoms with van der Waals surface area (Å²) in [5.41, 5.74) is 16.2. The van der Waals surface area contributed by atoms with E-state index in [4.69, 9.17) is 10.1 Å². The first-order valence-corrected chi connectivity index (χ1v) is 13.2. The first-order chi connectivity index (χ1) is 17.8. The second-order valence-corrected chi connectivity index (χ2v) is 10.6. The van der Waals surface area contributed by atoms with Gasteiger partial charge in [0, 0.05) is 16.7 Å². The van der Waals surface area contributed by atoms with Gasteiger partial charge in [-0.05, 0) is 36.8 Å². The van der Waals surface area contributed by atoms with E-state index < -0.39 is 0 Å². The van der Waals surface area contributed by atoms with Crippen LogP contribution in [0.2, 0.25) is 0 Å². The fraction of sp³-hybridized carbons (Fsp3) is 0.273. The first-order valence-electron chi connectivity index (χ1n) is 13.2. The normalized spacial score (nSPS) is 11.6. The molecule has 3 aromatic rings. The minimum absolute atomic E-state index is 0.235. The van der Waals surface area contributed by atoms with Gasteiger partial charge in [-0.3, -0.25) is 0 Å². The molecule has 2 aliphatic rings. The topological polar surface area (TPSA) is 42.7 Å². The molecule has 4 heteroatoms. The summed E-state index contributed by atoms with van der Waals surface area (Å²) in [4.78, 5) is 7.32. The molecule has 0 aromatic heterocycles. The Bertz CT molecular complexity index is 1460. The number of nitrogens with zero attached hydrogens (tertiary/aromatic N) is 3. The number of rotatable bonds is 7. The minimum Gasteiger partial charge on any atom is -0.305 e. The van der Waals surface area contributed by atoms with Gasteiger partial charge in [0.25, 0.3) is 0 Å². The van der Waals surface area contributed by atoms with Crippen molar-refractivity contribution in [1.29, 1.82) is 0 Å². The average Bonchev–Trinajstić information content (AvgIpc) is 3.29. The molecule has 2 heterocycles. The zero-order valence-corrected chi connectivity index (χ0v) is 22.7. The lowest BCUT2D eigenvalue weighted by molar-refractivity contribution is 0.633. The second kappa shape index (κ2) is 10.2. The molecule has 0 radical (unpaired) electrons. The van der Waals surface area contributed by atoms with Crippen molar-refractivity contribution >= 4 is 0 Å². The molecule has 0 atom stereocenters. The molecule has 2 aliphatic heterocycles. The highest BCUT2D eigenvalue weighted by Crippen LogP contribution is 2.46. The lowest BCUT2D eigenvalue weighted by Gasteiger charge is -2.23. The van der Waals surface area contributed by atoms with Gasteiger partial charge in [0.2, 0.25) is 0 Å². The van der Waals surface area contributed by atoms with Crippen molar-refractivity contribution in [2.45, 2.75) is 59.9 Å². The van der Waals surface area contributed by atoms with E-state index in [2.05, 4.69) is 120 Å². The van der Waals surface area contributed by atoms with E-state index in [0.29, 0.717) is 6.54 Å². The molecule has 0 saturated carbocycles. The first kappa shape index (κ1) is 24.8. The van der Waals surface area contributed by atoms with E-state index in [1.54, 1.807) is 0 Å². The molecular formula is C33H36N4. The third kappa shape index (κ3) is 4.89. The van der Waals surface area contributed by atoms with Crippen molar-refractivity contribution in [1.82, 2.24) is 14.9 Å². The van der Waals surface area contributed by atoms with Crippen LogP contribution in [-0.2, 0) is 6.54 Å². The second-order valence-electron chi connectivity index (χ2n) is 10.6. The van der Waals surface area contributed by atoms with E-state index in [9.17, 15) is 0 Å². The monoisotopic (exact) mass is 488 g/mol. The summed E-state index contributed by atoms with van der Waals surface area (Å²) in [6.45, 7) is 13.9. The van der Waals surface area contributed by atoms with Crippen molar-refractivity contribution in [2.75, 3.05) is 5.43 Å². The van der Waals surface area contributed by atoms with Gasteiger partial charge in [-0.15, -0.1) is 0 Å². The number of benzene rings is 3. The highest BCUT2D eigenvalue weighted by Gasteiger charge is 2.31. The van der Waals surface area contributed by atoms with Gasteiger partial charge in [-0.25, -0.2) is 4.98 Å². The van der Waals surface area contributed by atoms with Crippen LogP contribution in [0.5, 0.6) is 0 Å². The Labute approximate surface area is 220 Å².